The van der Waals surface area contributed by atoms with Gasteiger partial charge in [0, 0.05) is 6.54 Å². The van der Waals surface area contributed by atoms with Gasteiger partial charge in [-0.2, -0.15) is 8.78 Å². The van der Waals surface area contributed by atoms with Crippen LogP contribution in [0.15, 0.2) is 18.2 Å². The van der Waals surface area contributed by atoms with Crippen LogP contribution in [-0.2, 0) is 0 Å². The Hall–Kier alpha value is -1.36. The summed E-state index contributed by atoms with van der Waals surface area (Å²) in [5, 5.41) is 3.22. The zero-order chi connectivity index (χ0) is 13.0. The summed E-state index contributed by atoms with van der Waals surface area (Å²) in [4.78, 5) is 0. The van der Waals surface area contributed by atoms with E-state index in [-0.39, 0.29) is 11.9 Å². The van der Waals surface area contributed by atoms with Crippen molar-refractivity contribution in [2.45, 2.75) is 32.5 Å². The summed E-state index contributed by atoms with van der Waals surface area (Å²) in [7, 11) is 0. The molecule has 18 heavy (non-hydrogen) atoms. The fourth-order valence-corrected chi connectivity index (χ4v) is 2.06. The largest absolute Gasteiger partial charge is 0.485 e. The Morgan fingerprint density at radius 2 is 2.22 bits per heavy atom. The molecule has 1 saturated heterocycles. The molecule has 0 bridgehead atoms. The van der Waals surface area contributed by atoms with E-state index in [4.69, 9.17) is 4.74 Å². The van der Waals surface area contributed by atoms with Crippen molar-refractivity contribution < 1.29 is 18.3 Å². The van der Waals surface area contributed by atoms with Crippen molar-refractivity contribution in [2.75, 3.05) is 13.1 Å². The third kappa shape index (κ3) is 3.32. The topological polar surface area (TPSA) is 30.5 Å². The number of para-hydroxylation sites is 1. The smallest absolute Gasteiger partial charge is 0.387 e. The highest BCUT2D eigenvalue weighted by Crippen LogP contribution is 2.33. The highest BCUT2D eigenvalue weighted by atomic mass is 19.3. The number of halogens is 2. The van der Waals surface area contributed by atoms with E-state index in [0.29, 0.717) is 11.3 Å². The SMILES string of the molecule is Cc1cccc(OC2CCCNC2)c1OC(F)F. The van der Waals surface area contributed by atoms with Gasteiger partial charge in [0.25, 0.3) is 0 Å². The van der Waals surface area contributed by atoms with Crippen LogP contribution in [-0.4, -0.2) is 25.8 Å². The number of rotatable bonds is 4. The molecular weight excluding hydrogens is 240 g/mol. The first-order chi connectivity index (χ1) is 8.66. The number of alkyl halides is 2. The van der Waals surface area contributed by atoms with Crippen LogP contribution in [0.3, 0.4) is 0 Å². The molecule has 1 aliphatic heterocycles. The second-order valence-electron chi connectivity index (χ2n) is 4.37. The summed E-state index contributed by atoms with van der Waals surface area (Å²) in [6, 6.07) is 5.17. The van der Waals surface area contributed by atoms with Crippen molar-refractivity contribution in [3.05, 3.63) is 23.8 Å². The maximum atomic E-state index is 12.4. The molecular formula is C13H17F2NO2. The van der Waals surface area contributed by atoms with Gasteiger partial charge in [-0.15, -0.1) is 0 Å². The maximum absolute atomic E-state index is 12.4. The van der Waals surface area contributed by atoms with Crippen LogP contribution in [0.5, 0.6) is 11.5 Å². The van der Waals surface area contributed by atoms with Crippen LogP contribution in [0.2, 0.25) is 0 Å². The fourth-order valence-electron chi connectivity index (χ4n) is 2.06. The molecule has 0 aliphatic carbocycles. The third-order valence-electron chi connectivity index (χ3n) is 2.93. The second kappa shape index (κ2) is 6.00. The van der Waals surface area contributed by atoms with Gasteiger partial charge in [-0.3, -0.25) is 0 Å². The lowest BCUT2D eigenvalue weighted by Crippen LogP contribution is -2.37. The Morgan fingerprint density at radius 3 is 2.89 bits per heavy atom. The summed E-state index contributed by atoms with van der Waals surface area (Å²) in [5.74, 6) is 0.530. The number of hydrogen-bond acceptors (Lipinski definition) is 3. The minimum atomic E-state index is -2.84. The van der Waals surface area contributed by atoms with Crippen molar-refractivity contribution in [2.24, 2.45) is 0 Å². The predicted molar refractivity (Wildman–Crippen MR) is 64.3 cm³/mol. The molecule has 0 radical (unpaired) electrons. The van der Waals surface area contributed by atoms with E-state index in [1.54, 1.807) is 25.1 Å². The molecule has 100 valence electrons. The van der Waals surface area contributed by atoms with E-state index in [9.17, 15) is 8.78 Å². The van der Waals surface area contributed by atoms with E-state index < -0.39 is 6.61 Å². The number of hydrogen-bond donors (Lipinski definition) is 1. The molecule has 1 aromatic rings. The lowest BCUT2D eigenvalue weighted by atomic mass is 10.1. The zero-order valence-corrected chi connectivity index (χ0v) is 10.3. The lowest BCUT2D eigenvalue weighted by molar-refractivity contribution is -0.0526. The van der Waals surface area contributed by atoms with Gasteiger partial charge in [0.2, 0.25) is 0 Å². The number of piperidine rings is 1. The van der Waals surface area contributed by atoms with Crippen molar-refractivity contribution in [3.63, 3.8) is 0 Å². The molecule has 5 heteroatoms. The highest BCUT2D eigenvalue weighted by molar-refractivity contribution is 5.46. The molecule has 1 aliphatic rings. The number of aryl methyl sites for hydroxylation is 1. The molecule has 1 aromatic carbocycles. The molecule has 0 saturated carbocycles. The van der Waals surface area contributed by atoms with Crippen molar-refractivity contribution in [3.8, 4) is 11.5 Å². The first-order valence-corrected chi connectivity index (χ1v) is 6.08. The highest BCUT2D eigenvalue weighted by Gasteiger charge is 2.19. The third-order valence-corrected chi connectivity index (χ3v) is 2.93. The quantitative estimate of drug-likeness (QED) is 0.899. The standard InChI is InChI=1S/C13H17F2NO2/c1-9-4-2-6-11(12(9)18-13(14)15)17-10-5-3-7-16-8-10/h2,4,6,10,13,16H,3,5,7-8H2,1H3. The van der Waals surface area contributed by atoms with Gasteiger partial charge in [-0.05, 0) is 37.9 Å². The lowest BCUT2D eigenvalue weighted by Gasteiger charge is -2.25. The van der Waals surface area contributed by atoms with Crippen LogP contribution in [0.1, 0.15) is 18.4 Å². The molecule has 0 spiro atoms. The summed E-state index contributed by atoms with van der Waals surface area (Å²) in [6.45, 7) is 0.609. The number of ether oxygens (including phenoxy) is 2. The summed E-state index contributed by atoms with van der Waals surface area (Å²) < 4.78 is 35.0. The van der Waals surface area contributed by atoms with Crippen LogP contribution < -0.4 is 14.8 Å². The second-order valence-corrected chi connectivity index (χ2v) is 4.37. The molecule has 0 amide bonds. The molecule has 1 fully saturated rings. The fraction of sp³-hybridized carbons (Fsp3) is 0.538. The Morgan fingerprint density at radius 1 is 1.39 bits per heavy atom. The minimum absolute atomic E-state index is 0.0144. The first kappa shape index (κ1) is 13.1. The number of nitrogens with one attached hydrogen (secondary N) is 1. The monoisotopic (exact) mass is 257 g/mol. The van der Waals surface area contributed by atoms with Crippen LogP contribution in [0.4, 0.5) is 8.78 Å². The Balaban J connectivity index is 2.12. The molecule has 1 heterocycles. The normalized spacial score (nSPS) is 19.9. The maximum Gasteiger partial charge on any atom is 0.387 e. The van der Waals surface area contributed by atoms with Gasteiger partial charge in [0.05, 0.1) is 0 Å². The van der Waals surface area contributed by atoms with E-state index in [0.717, 1.165) is 25.9 Å². The summed E-state index contributed by atoms with van der Waals surface area (Å²) in [5.41, 5.74) is 0.650. The van der Waals surface area contributed by atoms with Crippen LogP contribution >= 0.6 is 0 Å². The Kier molecular flexibility index (Phi) is 4.36. The van der Waals surface area contributed by atoms with Crippen LogP contribution in [0.25, 0.3) is 0 Å². The van der Waals surface area contributed by atoms with Crippen molar-refractivity contribution in [1.29, 1.82) is 0 Å². The van der Waals surface area contributed by atoms with Gasteiger partial charge < -0.3 is 14.8 Å². The van der Waals surface area contributed by atoms with Crippen molar-refractivity contribution in [1.82, 2.24) is 5.32 Å². The summed E-state index contributed by atoms with van der Waals surface area (Å²) in [6.07, 6.45) is 1.97. The van der Waals surface area contributed by atoms with Crippen molar-refractivity contribution >= 4 is 0 Å². The average molecular weight is 257 g/mol. The van der Waals surface area contributed by atoms with E-state index >= 15 is 0 Å². The van der Waals surface area contributed by atoms with Crippen LogP contribution in [0, 0.1) is 6.92 Å². The first-order valence-electron chi connectivity index (χ1n) is 6.08. The molecule has 1 N–H and O–H groups in total. The van der Waals surface area contributed by atoms with E-state index in [1.165, 1.54) is 0 Å². The molecule has 1 unspecified atom stereocenters. The van der Waals surface area contributed by atoms with Gasteiger partial charge in [0.15, 0.2) is 11.5 Å². The van der Waals surface area contributed by atoms with E-state index in [1.807, 2.05) is 0 Å². The molecule has 2 rings (SSSR count). The summed E-state index contributed by atoms with van der Waals surface area (Å²) >= 11 is 0. The Bertz CT molecular complexity index is 393. The van der Waals surface area contributed by atoms with Gasteiger partial charge in [-0.1, -0.05) is 12.1 Å². The van der Waals surface area contributed by atoms with Gasteiger partial charge in [-0.25, -0.2) is 0 Å². The average Bonchev–Trinajstić information content (AvgIpc) is 2.34. The molecule has 0 aromatic heterocycles. The number of benzene rings is 1. The van der Waals surface area contributed by atoms with E-state index in [2.05, 4.69) is 10.1 Å². The zero-order valence-electron chi connectivity index (χ0n) is 10.3. The minimum Gasteiger partial charge on any atom is -0.485 e. The molecule has 1 atom stereocenters. The predicted octanol–water partition coefficient (Wildman–Crippen LogP) is 2.73. The Labute approximate surface area is 105 Å². The van der Waals surface area contributed by atoms with Gasteiger partial charge >= 0.3 is 6.61 Å². The van der Waals surface area contributed by atoms with Gasteiger partial charge in [0.1, 0.15) is 6.10 Å². The molecule has 3 nitrogen and oxygen atoms in total.